The van der Waals surface area contributed by atoms with Crippen LogP contribution in [0.4, 0.5) is 4.79 Å². The van der Waals surface area contributed by atoms with Gasteiger partial charge in [-0.25, -0.2) is 4.79 Å². The smallest absolute Gasteiger partial charge is 0.407 e. The number of alkyl carbamates (subject to hydrolysis) is 1. The van der Waals surface area contributed by atoms with Gasteiger partial charge in [-0.05, 0) is 42.8 Å². The van der Waals surface area contributed by atoms with Crippen molar-refractivity contribution in [2.45, 2.75) is 30.8 Å². The van der Waals surface area contributed by atoms with Crippen LogP contribution in [0.5, 0.6) is 0 Å². The van der Waals surface area contributed by atoms with E-state index in [9.17, 15) is 14.4 Å². The van der Waals surface area contributed by atoms with Crippen LogP contribution in [0.15, 0.2) is 48.5 Å². The Morgan fingerprint density at radius 2 is 1.64 bits per heavy atom. The molecule has 1 atom stereocenters. The first-order valence-electron chi connectivity index (χ1n) is 11.1. The van der Waals surface area contributed by atoms with Crippen LogP contribution in [0.25, 0.3) is 11.1 Å². The van der Waals surface area contributed by atoms with Gasteiger partial charge in [0.05, 0.1) is 0 Å². The van der Waals surface area contributed by atoms with Gasteiger partial charge in [-0.3, -0.25) is 9.59 Å². The van der Waals surface area contributed by atoms with Crippen LogP contribution < -0.4 is 5.32 Å². The predicted molar refractivity (Wildman–Crippen MR) is 123 cm³/mol. The van der Waals surface area contributed by atoms with Gasteiger partial charge in [-0.1, -0.05) is 48.5 Å². The van der Waals surface area contributed by atoms with E-state index < -0.39 is 18.1 Å². The Morgan fingerprint density at radius 1 is 1.06 bits per heavy atom. The Balaban J connectivity index is 1.39. The number of fused-ring (bicyclic) bond motifs is 3. The topological polar surface area (TPSA) is 99.2 Å². The number of carboxylic acids is 1. The molecular formula is C25H29N3O5. The largest absolute Gasteiger partial charge is 0.481 e. The molecule has 1 aliphatic heterocycles. The zero-order valence-corrected chi connectivity index (χ0v) is 18.9. The average Bonchev–Trinajstić information content (AvgIpc) is 3.07. The summed E-state index contributed by atoms with van der Waals surface area (Å²) in [7, 11) is 3.90. The number of hydrogen-bond donors (Lipinski definition) is 2. The predicted octanol–water partition coefficient (Wildman–Crippen LogP) is 2.53. The molecule has 1 aliphatic carbocycles. The van der Waals surface area contributed by atoms with Crippen LogP contribution in [0.1, 0.15) is 29.9 Å². The van der Waals surface area contributed by atoms with Crippen molar-refractivity contribution in [3.05, 3.63) is 59.7 Å². The van der Waals surface area contributed by atoms with Gasteiger partial charge in [0, 0.05) is 31.5 Å². The van der Waals surface area contributed by atoms with Crippen molar-refractivity contribution in [3.8, 4) is 11.1 Å². The molecule has 2 aromatic rings. The average molecular weight is 452 g/mol. The summed E-state index contributed by atoms with van der Waals surface area (Å²) in [5.74, 6) is -1.38. The van der Waals surface area contributed by atoms with Crippen LogP contribution in [0.2, 0.25) is 0 Å². The number of amides is 2. The van der Waals surface area contributed by atoms with E-state index in [0.29, 0.717) is 13.1 Å². The van der Waals surface area contributed by atoms with Gasteiger partial charge in [0.1, 0.15) is 12.6 Å². The second kappa shape index (κ2) is 9.62. The fourth-order valence-electron chi connectivity index (χ4n) is 4.49. The lowest BCUT2D eigenvalue weighted by Gasteiger charge is -2.44. The maximum atomic E-state index is 12.9. The minimum atomic E-state index is -1.02. The van der Waals surface area contributed by atoms with Crippen LogP contribution >= 0.6 is 0 Å². The highest BCUT2D eigenvalue weighted by atomic mass is 16.5. The summed E-state index contributed by atoms with van der Waals surface area (Å²) in [6.45, 7) is 1.25. The fourth-order valence-corrected chi connectivity index (χ4v) is 4.49. The summed E-state index contributed by atoms with van der Waals surface area (Å²) in [4.78, 5) is 40.2. The molecular weight excluding hydrogens is 422 g/mol. The van der Waals surface area contributed by atoms with Crippen LogP contribution in [0.3, 0.4) is 0 Å². The van der Waals surface area contributed by atoms with Gasteiger partial charge in [0.2, 0.25) is 5.91 Å². The molecule has 0 saturated carbocycles. The molecule has 0 aromatic heterocycles. The third kappa shape index (κ3) is 4.85. The zero-order valence-electron chi connectivity index (χ0n) is 18.9. The Kier molecular flexibility index (Phi) is 6.65. The summed E-state index contributed by atoms with van der Waals surface area (Å²) >= 11 is 0. The Hall–Kier alpha value is -3.39. The Morgan fingerprint density at radius 3 is 2.18 bits per heavy atom. The molecule has 1 unspecified atom stereocenters. The lowest BCUT2D eigenvalue weighted by atomic mass is 9.98. The number of likely N-dealkylation sites (N-methyl/N-ethyl adjacent to an activating group) is 1. The van der Waals surface area contributed by atoms with Gasteiger partial charge in [0.15, 0.2) is 0 Å². The van der Waals surface area contributed by atoms with Crippen molar-refractivity contribution in [3.63, 3.8) is 0 Å². The molecule has 2 aliphatic rings. The summed E-state index contributed by atoms with van der Waals surface area (Å²) < 4.78 is 5.54. The van der Waals surface area contributed by atoms with E-state index in [1.165, 1.54) is 0 Å². The van der Waals surface area contributed by atoms with Crippen molar-refractivity contribution < 1.29 is 24.2 Å². The maximum Gasteiger partial charge on any atom is 0.407 e. The maximum absolute atomic E-state index is 12.9. The molecule has 8 heteroatoms. The minimum absolute atomic E-state index is 0.0154. The highest BCUT2D eigenvalue weighted by Crippen LogP contribution is 2.44. The number of aliphatic carboxylic acids is 1. The van der Waals surface area contributed by atoms with Gasteiger partial charge in [-0.2, -0.15) is 0 Å². The highest BCUT2D eigenvalue weighted by molar-refractivity contribution is 5.87. The highest BCUT2D eigenvalue weighted by Gasteiger charge is 2.36. The number of rotatable bonds is 8. The first kappa shape index (κ1) is 22.8. The summed E-state index contributed by atoms with van der Waals surface area (Å²) in [5.41, 5.74) is 4.45. The second-order valence-electron chi connectivity index (χ2n) is 8.82. The molecule has 2 N–H and O–H groups in total. The van der Waals surface area contributed by atoms with Gasteiger partial charge >= 0.3 is 12.1 Å². The fraction of sp³-hybridized carbons (Fsp3) is 0.400. The van der Waals surface area contributed by atoms with E-state index in [-0.39, 0.29) is 37.3 Å². The molecule has 4 rings (SSSR count). The molecule has 0 radical (unpaired) electrons. The second-order valence-corrected chi connectivity index (χ2v) is 8.82. The monoisotopic (exact) mass is 451 g/mol. The van der Waals surface area contributed by atoms with Crippen LogP contribution in [0, 0.1) is 0 Å². The quantitative estimate of drug-likeness (QED) is 0.640. The molecule has 2 aromatic carbocycles. The van der Waals surface area contributed by atoms with E-state index in [1.807, 2.05) is 55.4 Å². The molecule has 0 spiro atoms. The van der Waals surface area contributed by atoms with E-state index in [4.69, 9.17) is 9.84 Å². The standard InChI is InChI=1S/C25H29N3O5/c1-27(2)16-13-28(14-16)24(31)22(11-12-23(29)30)26-25(32)33-15-21-19-9-5-3-7-17(19)18-8-4-6-10-20(18)21/h3-10,16,21-22H,11-15H2,1-2H3,(H,26,32)(H,29,30). The lowest BCUT2D eigenvalue weighted by Crippen LogP contribution is -2.63. The Bertz CT molecular complexity index is 1000. The van der Waals surface area contributed by atoms with Crippen molar-refractivity contribution >= 4 is 18.0 Å². The van der Waals surface area contributed by atoms with Crippen LogP contribution in [-0.2, 0) is 14.3 Å². The number of carboxylic acid groups (broad SMARTS) is 1. The van der Waals surface area contributed by atoms with Crippen molar-refractivity contribution in [2.75, 3.05) is 33.8 Å². The molecule has 1 fully saturated rings. The molecule has 1 saturated heterocycles. The van der Waals surface area contributed by atoms with E-state index >= 15 is 0 Å². The van der Waals surface area contributed by atoms with Gasteiger partial charge in [-0.15, -0.1) is 0 Å². The number of ether oxygens (including phenoxy) is 1. The zero-order chi connectivity index (χ0) is 23.5. The molecule has 2 amide bonds. The molecule has 1 heterocycles. The number of hydrogen-bond acceptors (Lipinski definition) is 5. The molecule has 33 heavy (non-hydrogen) atoms. The third-order valence-electron chi connectivity index (χ3n) is 6.48. The SMILES string of the molecule is CN(C)C1CN(C(=O)C(CCC(=O)O)NC(=O)OCC2c3ccccc3-c3ccccc32)C1. The normalized spacial score (nSPS) is 16.0. The number of likely N-dealkylation sites (tertiary alicyclic amines) is 1. The van der Waals surface area contributed by atoms with E-state index in [1.54, 1.807) is 4.90 Å². The lowest BCUT2D eigenvalue weighted by molar-refractivity contribution is -0.141. The van der Waals surface area contributed by atoms with Crippen LogP contribution in [-0.4, -0.2) is 78.8 Å². The van der Waals surface area contributed by atoms with Crippen molar-refractivity contribution in [2.24, 2.45) is 0 Å². The number of carbonyl (C=O) groups excluding carboxylic acids is 2. The molecule has 0 bridgehead atoms. The third-order valence-corrected chi connectivity index (χ3v) is 6.48. The number of nitrogens with one attached hydrogen (secondary N) is 1. The summed E-state index contributed by atoms with van der Waals surface area (Å²) in [5, 5.41) is 11.7. The Labute approximate surface area is 193 Å². The van der Waals surface area contributed by atoms with Gasteiger partial charge in [0.25, 0.3) is 0 Å². The van der Waals surface area contributed by atoms with E-state index in [0.717, 1.165) is 22.3 Å². The number of carbonyl (C=O) groups is 3. The number of nitrogens with zero attached hydrogens (tertiary/aromatic N) is 2. The van der Waals surface area contributed by atoms with Crippen molar-refractivity contribution in [1.82, 2.24) is 15.1 Å². The first-order valence-corrected chi connectivity index (χ1v) is 11.1. The molecule has 174 valence electrons. The first-order chi connectivity index (χ1) is 15.8. The minimum Gasteiger partial charge on any atom is -0.481 e. The van der Waals surface area contributed by atoms with E-state index in [2.05, 4.69) is 17.4 Å². The van der Waals surface area contributed by atoms with Gasteiger partial charge < -0.3 is 25.0 Å². The summed E-state index contributed by atoms with van der Waals surface area (Å²) in [6.07, 6.45) is -0.919. The summed E-state index contributed by atoms with van der Waals surface area (Å²) in [6, 6.07) is 15.4. The number of benzene rings is 2. The van der Waals surface area contributed by atoms with Crippen molar-refractivity contribution in [1.29, 1.82) is 0 Å². The molecule has 8 nitrogen and oxygen atoms in total.